The van der Waals surface area contributed by atoms with E-state index in [0.717, 1.165) is 5.39 Å². The van der Waals surface area contributed by atoms with Gasteiger partial charge in [-0.3, -0.25) is 0 Å². The number of H-pyrrole nitrogens is 1. The predicted molar refractivity (Wildman–Crippen MR) is 75.3 cm³/mol. The Hall–Kier alpha value is -1.83. The molecule has 5 nitrogen and oxygen atoms in total. The molecule has 0 bridgehead atoms. The summed E-state index contributed by atoms with van der Waals surface area (Å²) in [6, 6.07) is 1.78. The first-order valence-corrected chi connectivity index (χ1v) is 7.18. The van der Waals surface area contributed by atoms with Gasteiger partial charge in [-0.25, -0.2) is 9.97 Å². The molecule has 0 unspecified atom stereocenters. The maximum Gasteiger partial charge on any atom is 0.391 e. The summed E-state index contributed by atoms with van der Waals surface area (Å²) < 4.78 is 38.6. The number of alkyl halides is 3. The molecule has 22 heavy (non-hydrogen) atoms. The monoisotopic (exact) mass is 314 g/mol. The van der Waals surface area contributed by atoms with Crippen LogP contribution >= 0.6 is 0 Å². The standard InChI is InChI=1S/C14H17F3N4O/c15-14(16,17)9-2-1-4-13(22,6-9)7-19-12-10-3-5-18-11(10)20-8-21-12/h3,5,8-9,22H,1-2,4,6-7H2,(H2,18,19,20,21)/t9-,13+/m1/s1. The highest BCUT2D eigenvalue weighted by atomic mass is 19.4. The average Bonchev–Trinajstić information content (AvgIpc) is 2.93. The van der Waals surface area contributed by atoms with Crippen molar-refractivity contribution in [2.24, 2.45) is 5.92 Å². The number of nitrogens with one attached hydrogen (secondary N) is 2. The molecule has 1 fully saturated rings. The molecule has 2 heterocycles. The van der Waals surface area contributed by atoms with Gasteiger partial charge < -0.3 is 15.4 Å². The molecule has 0 spiro atoms. The van der Waals surface area contributed by atoms with Crippen molar-refractivity contribution >= 4 is 16.9 Å². The molecule has 2 aromatic rings. The minimum Gasteiger partial charge on any atom is -0.388 e. The van der Waals surface area contributed by atoms with Gasteiger partial charge in [0.25, 0.3) is 0 Å². The van der Waals surface area contributed by atoms with Gasteiger partial charge in [-0.15, -0.1) is 0 Å². The lowest BCUT2D eigenvalue weighted by Crippen LogP contribution is -2.45. The average molecular weight is 314 g/mol. The summed E-state index contributed by atoms with van der Waals surface area (Å²) in [5.41, 5.74) is -0.729. The quantitative estimate of drug-likeness (QED) is 0.814. The lowest BCUT2D eigenvalue weighted by molar-refractivity contribution is -0.199. The maximum absolute atomic E-state index is 12.9. The van der Waals surface area contributed by atoms with Gasteiger partial charge in [0.15, 0.2) is 0 Å². The van der Waals surface area contributed by atoms with E-state index in [1.807, 2.05) is 0 Å². The molecule has 0 radical (unpaired) electrons. The summed E-state index contributed by atoms with van der Waals surface area (Å²) in [4.78, 5) is 11.1. The summed E-state index contributed by atoms with van der Waals surface area (Å²) in [7, 11) is 0. The minimum atomic E-state index is -4.25. The van der Waals surface area contributed by atoms with E-state index in [1.165, 1.54) is 6.33 Å². The van der Waals surface area contributed by atoms with Crippen LogP contribution in [-0.2, 0) is 0 Å². The first kappa shape index (κ1) is 15.1. The van der Waals surface area contributed by atoms with E-state index < -0.39 is 17.7 Å². The van der Waals surface area contributed by atoms with E-state index in [9.17, 15) is 18.3 Å². The zero-order chi connectivity index (χ0) is 15.8. The normalized spacial score (nSPS) is 26.3. The van der Waals surface area contributed by atoms with Crippen LogP contribution in [0.3, 0.4) is 0 Å². The molecule has 1 aliphatic carbocycles. The fourth-order valence-electron chi connectivity index (χ4n) is 3.04. The van der Waals surface area contributed by atoms with Gasteiger partial charge in [-0.05, 0) is 31.7 Å². The highest BCUT2D eigenvalue weighted by Gasteiger charge is 2.46. The second-order valence-electron chi connectivity index (χ2n) is 5.88. The third-order valence-corrected chi connectivity index (χ3v) is 4.22. The van der Waals surface area contributed by atoms with Crippen LogP contribution in [0, 0.1) is 5.92 Å². The molecule has 0 aliphatic heterocycles. The second kappa shape index (κ2) is 5.42. The van der Waals surface area contributed by atoms with Crippen molar-refractivity contribution < 1.29 is 18.3 Å². The molecule has 0 aromatic carbocycles. The molecule has 2 aromatic heterocycles. The number of hydrogen-bond donors (Lipinski definition) is 3. The lowest BCUT2D eigenvalue weighted by atomic mass is 9.77. The molecule has 8 heteroatoms. The molecular weight excluding hydrogens is 297 g/mol. The van der Waals surface area contributed by atoms with Crippen molar-refractivity contribution in [3.8, 4) is 0 Å². The second-order valence-corrected chi connectivity index (χ2v) is 5.88. The fraction of sp³-hybridized carbons (Fsp3) is 0.571. The summed E-state index contributed by atoms with van der Waals surface area (Å²) in [6.07, 6.45) is -0.646. The van der Waals surface area contributed by atoms with Crippen LogP contribution in [0.4, 0.5) is 19.0 Å². The lowest BCUT2D eigenvalue weighted by Gasteiger charge is -2.37. The SMILES string of the molecule is O[C@@]1(CNc2ncnc3[nH]ccc23)CCC[C@@H](C(F)(F)F)C1. The summed E-state index contributed by atoms with van der Waals surface area (Å²) in [5.74, 6) is -0.931. The fourth-order valence-corrected chi connectivity index (χ4v) is 3.04. The Bertz CT molecular complexity index is 657. The summed E-state index contributed by atoms with van der Waals surface area (Å²) in [6.45, 7) is 0.0386. The van der Waals surface area contributed by atoms with Crippen molar-refractivity contribution in [3.63, 3.8) is 0 Å². The number of fused-ring (bicyclic) bond motifs is 1. The molecule has 3 rings (SSSR count). The van der Waals surface area contributed by atoms with E-state index in [2.05, 4.69) is 20.3 Å². The Balaban J connectivity index is 1.71. The number of aromatic nitrogens is 3. The minimum absolute atomic E-state index is 0.0386. The Kier molecular flexibility index (Phi) is 3.72. The smallest absolute Gasteiger partial charge is 0.388 e. The van der Waals surface area contributed by atoms with Crippen molar-refractivity contribution in [1.29, 1.82) is 0 Å². The van der Waals surface area contributed by atoms with E-state index in [4.69, 9.17) is 0 Å². The van der Waals surface area contributed by atoms with E-state index in [1.54, 1.807) is 12.3 Å². The highest BCUT2D eigenvalue weighted by molar-refractivity contribution is 5.86. The molecule has 1 saturated carbocycles. The third kappa shape index (κ3) is 3.01. The number of nitrogens with zero attached hydrogens (tertiary/aromatic N) is 2. The van der Waals surface area contributed by atoms with Crippen LogP contribution in [0.5, 0.6) is 0 Å². The zero-order valence-corrected chi connectivity index (χ0v) is 11.8. The van der Waals surface area contributed by atoms with E-state index in [0.29, 0.717) is 24.3 Å². The Morgan fingerprint density at radius 3 is 3.00 bits per heavy atom. The number of hydrogen-bond acceptors (Lipinski definition) is 4. The number of anilines is 1. The molecule has 2 atom stereocenters. The zero-order valence-electron chi connectivity index (χ0n) is 11.8. The number of halogens is 3. The Morgan fingerprint density at radius 2 is 2.23 bits per heavy atom. The molecule has 0 saturated heterocycles. The van der Waals surface area contributed by atoms with Crippen molar-refractivity contribution in [2.45, 2.75) is 37.5 Å². The molecule has 1 aliphatic rings. The van der Waals surface area contributed by atoms with Crippen molar-refractivity contribution in [1.82, 2.24) is 15.0 Å². The van der Waals surface area contributed by atoms with Crippen LogP contribution in [0.1, 0.15) is 25.7 Å². The number of aromatic amines is 1. The Morgan fingerprint density at radius 1 is 1.41 bits per heavy atom. The Labute approximate surface area is 125 Å². The van der Waals surface area contributed by atoms with Gasteiger partial charge >= 0.3 is 6.18 Å². The van der Waals surface area contributed by atoms with Gasteiger partial charge in [0.2, 0.25) is 0 Å². The van der Waals surface area contributed by atoms with Crippen LogP contribution in [-0.4, -0.2) is 38.4 Å². The van der Waals surface area contributed by atoms with E-state index >= 15 is 0 Å². The largest absolute Gasteiger partial charge is 0.391 e. The van der Waals surface area contributed by atoms with Crippen molar-refractivity contribution in [3.05, 3.63) is 18.6 Å². The highest BCUT2D eigenvalue weighted by Crippen LogP contribution is 2.41. The first-order valence-electron chi connectivity index (χ1n) is 7.18. The van der Waals surface area contributed by atoms with Crippen molar-refractivity contribution in [2.75, 3.05) is 11.9 Å². The molecule has 0 amide bonds. The molecule has 3 N–H and O–H groups in total. The van der Waals surface area contributed by atoms with Gasteiger partial charge in [0, 0.05) is 12.7 Å². The topological polar surface area (TPSA) is 73.8 Å². The van der Waals surface area contributed by atoms with Crippen LogP contribution in [0.2, 0.25) is 0 Å². The third-order valence-electron chi connectivity index (χ3n) is 4.22. The first-order chi connectivity index (χ1) is 10.4. The molecule has 120 valence electrons. The maximum atomic E-state index is 12.9. The van der Waals surface area contributed by atoms with Crippen LogP contribution < -0.4 is 5.32 Å². The summed E-state index contributed by atoms with van der Waals surface area (Å²) >= 11 is 0. The number of rotatable bonds is 3. The van der Waals surface area contributed by atoms with E-state index in [-0.39, 0.29) is 19.4 Å². The number of aliphatic hydroxyl groups is 1. The molecular formula is C14H17F3N4O. The van der Waals surface area contributed by atoms with Gasteiger partial charge in [-0.2, -0.15) is 13.2 Å². The summed E-state index contributed by atoms with van der Waals surface area (Å²) in [5, 5.41) is 14.2. The predicted octanol–water partition coefficient (Wildman–Crippen LogP) is 2.85. The van der Waals surface area contributed by atoms with Gasteiger partial charge in [0.1, 0.15) is 17.8 Å². The van der Waals surface area contributed by atoms with Crippen LogP contribution in [0.25, 0.3) is 11.0 Å². The van der Waals surface area contributed by atoms with Gasteiger partial charge in [0.05, 0.1) is 16.9 Å². The van der Waals surface area contributed by atoms with Crippen LogP contribution in [0.15, 0.2) is 18.6 Å². The van der Waals surface area contributed by atoms with Gasteiger partial charge in [-0.1, -0.05) is 0 Å².